The molecule has 2 aromatic rings. The molecule has 1 aromatic heterocycles. The number of carboxylic acid groups (broad SMARTS) is 1. The van der Waals surface area contributed by atoms with Crippen molar-refractivity contribution in [2.75, 3.05) is 11.4 Å². The molecule has 24 heavy (non-hydrogen) atoms. The summed E-state index contributed by atoms with van der Waals surface area (Å²) in [5, 5.41) is 9.13. The van der Waals surface area contributed by atoms with Gasteiger partial charge in [-0.1, -0.05) is 6.07 Å². The predicted molar refractivity (Wildman–Crippen MR) is 89.1 cm³/mol. The predicted octanol–water partition coefficient (Wildman–Crippen LogP) is 2.69. The van der Waals surface area contributed by atoms with Crippen LogP contribution < -0.4 is 4.90 Å². The zero-order valence-electron chi connectivity index (χ0n) is 13.2. The van der Waals surface area contributed by atoms with Gasteiger partial charge in [0, 0.05) is 36.5 Å². The summed E-state index contributed by atoms with van der Waals surface area (Å²) in [6, 6.07) is 9.10. The van der Waals surface area contributed by atoms with Gasteiger partial charge in [0.2, 0.25) is 5.91 Å². The minimum absolute atomic E-state index is 0.0436. The molecule has 5 nitrogen and oxygen atoms in total. The van der Waals surface area contributed by atoms with Crippen molar-refractivity contribution < 1.29 is 14.7 Å². The first kappa shape index (κ1) is 14.9. The summed E-state index contributed by atoms with van der Waals surface area (Å²) in [7, 11) is 0. The van der Waals surface area contributed by atoms with Crippen LogP contribution >= 0.6 is 0 Å². The minimum Gasteiger partial charge on any atom is -0.478 e. The van der Waals surface area contributed by atoms with Crippen molar-refractivity contribution in [3.05, 3.63) is 59.4 Å². The van der Waals surface area contributed by atoms with Crippen LogP contribution in [0.25, 0.3) is 0 Å². The Morgan fingerprint density at radius 1 is 1.12 bits per heavy atom. The largest absolute Gasteiger partial charge is 0.478 e. The highest BCUT2D eigenvalue weighted by atomic mass is 16.4. The number of carbonyl (C=O) groups excluding carboxylic acids is 1. The van der Waals surface area contributed by atoms with Crippen molar-refractivity contribution in [1.82, 2.24) is 4.98 Å². The van der Waals surface area contributed by atoms with E-state index in [9.17, 15) is 9.59 Å². The van der Waals surface area contributed by atoms with Crippen LogP contribution in [0.4, 0.5) is 5.69 Å². The molecule has 1 aliphatic heterocycles. The summed E-state index contributed by atoms with van der Waals surface area (Å²) in [5.41, 5.74) is 3.48. The maximum absolute atomic E-state index is 12.5. The van der Waals surface area contributed by atoms with E-state index in [0.717, 1.165) is 37.1 Å². The number of fused-ring (bicyclic) bond motifs is 1. The number of anilines is 1. The number of rotatable bonds is 2. The van der Waals surface area contributed by atoms with Gasteiger partial charge in [-0.05, 0) is 54.7 Å². The number of pyridine rings is 1. The molecule has 0 radical (unpaired) electrons. The van der Waals surface area contributed by atoms with E-state index >= 15 is 0 Å². The normalized spacial score (nSPS) is 22.7. The van der Waals surface area contributed by atoms with E-state index in [0.29, 0.717) is 12.0 Å². The average molecular weight is 322 g/mol. The molecule has 0 unspecified atom stereocenters. The molecular weight excluding hydrogens is 304 g/mol. The van der Waals surface area contributed by atoms with Crippen LogP contribution in [0.15, 0.2) is 42.7 Å². The van der Waals surface area contributed by atoms with E-state index in [1.54, 1.807) is 24.5 Å². The minimum atomic E-state index is -0.891. The molecular formula is C19H18N2O3. The van der Waals surface area contributed by atoms with Crippen molar-refractivity contribution in [1.29, 1.82) is 0 Å². The van der Waals surface area contributed by atoms with Crippen LogP contribution in [0.5, 0.6) is 0 Å². The van der Waals surface area contributed by atoms with Gasteiger partial charge in [0.1, 0.15) is 0 Å². The first-order chi connectivity index (χ1) is 11.6. The summed E-state index contributed by atoms with van der Waals surface area (Å²) < 4.78 is 0. The average Bonchev–Trinajstić information content (AvgIpc) is 2.91. The van der Waals surface area contributed by atoms with Crippen molar-refractivity contribution in [3.8, 4) is 0 Å². The van der Waals surface area contributed by atoms with Crippen LogP contribution in [0.1, 0.15) is 34.3 Å². The number of aromatic nitrogens is 1. The molecule has 4 rings (SSSR count). The molecule has 5 heteroatoms. The van der Waals surface area contributed by atoms with E-state index in [2.05, 4.69) is 4.98 Å². The summed E-state index contributed by atoms with van der Waals surface area (Å²) in [4.78, 5) is 29.5. The Labute approximate surface area is 139 Å². The Morgan fingerprint density at radius 2 is 1.92 bits per heavy atom. The number of hydrogen-bond donors (Lipinski definition) is 1. The monoisotopic (exact) mass is 322 g/mol. The number of aromatic carboxylic acids is 1. The number of carbonyl (C=O) groups is 2. The third kappa shape index (κ3) is 2.46. The number of benzene rings is 1. The maximum atomic E-state index is 12.5. The van der Waals surface area contributed by atoms with Gasteiger partial charge in [-0.15, -0.1) is 0 Å². The van der Waals surface area contributed by atoms with Gasteiger partial charge in [-0.3, -0.25) is 9.78 Å². The Morgan fingerprint density at radius 3 is 2.67 bits per heavy atom. The summed E-state index contributed by atoms with van der Waals surface area (Å²) >= 11 is 0. The molecule has 0 saturated carbocycles. The molecule has 1 aliphatic carbocycles. The zero-order valence-corrected chi connectivity index (χ0v) is 13.2. The Balaban J connectivity index is 1.60. The molecule has 2 aliphatic rings. The number of amides is 1. The first-order valence-corrected chi connectivity index (χ1v) is 8.12. The van der Waals surface area contributed by atoms with Crippen LogP contribution in [0.3, 0.4) is 0 Å². The summed E-state index contributed by atoms with van der Waals surface area (Å²) in [6.45, 7) is 0.718. The molecule has 2 heterocycles. The van der Waals surface area contributed by atoms with E-state index in [1.807, 2.05) is 23.1 Å². The fraction of sp³-hybridized carbons (Fsp3) is 0.316. The third-order valence-corrected chi connectivity index (χ3v) is 5.24. The lowest BCUT2D eigenvalue weighted by atomic mass is 9.71. The van der Waals surface area contributed by atoms with Gasteiger partial charge in [-0.2, -0.15) is 0 Å². The van der Waals surface area contributed by atoms with Crippen LogP contribution in [0.2, 0.25) is 0 Å². The fourth-order valence-corrected chi connectivity index (χ4v) is 4.00. The fourth-order valence-electron chi connectivity index (χ4n) is 4.00. The van der Waals surface area contributed by atoms with E-state index in [1.165, 1.54) is 5.56 Å². The number of carboxylic acids is 1. The second kappa shape index (κ2) is 5.44. The van der Waals surface area contributed by atoms with Crippen LogP contribution in [-0.4, -0.2) is 28.5 Å². The summed E-state index contributed by atoms with van der Waals surface area (Å²) in [6.07, 6.45) is 6.53. The molecule has 1 fully saturated rings. The lowest BCUT2D eigenvalue weighted by molar-refractivity contribution is -0.117. The highest BCUT2D eigenvalue weighted by Gasteiger charge is 2.45. The van der Waals surface area contributed by atoms with E-state index < -0.39 is 5.97 Å². The SMILES string of the molecule is O=C(O)c1ccc2c(c1)CC[C@]1(CC(=O)N(c3ccncc3)C1)C2. The van der Waals surface area contributed by atoms with Gasteiger partial charge in [0.25, 0.3) is 0 Å². The van der Waals surface area contributed by atoms with E-state index in [4.69, 9.17) is 5.11 Å². The first-order valence-electron chi connectivity index (χ1n) is 8.12. The Kier molecular flexibility index (Phi) is 3.37. The van der Waals surface area contributed by atoms with Gasteiger partial charge < -0.3 is 10.0 Å². The molecule has 1 atom stereocenters. The second-order valence-electron chi connectivity index (χ2n) is 6.83. The van der Waals surface area contributed by atoms with Crippen molar-refractivity contribution in [3.63, 3.8) is 0 Å². The molecule has 0 bridgehead atoms. The highest BCUT2D eigenvalue weighted by molar-refractivity contribution is 5.96. The lowest BCUT2D eigenvalue weighted by Crippen LogP contribution is -2.33. The smallest absolute Gasteiger partial charge is 0.335 e. The van der Waals surface area contributed by atoms with Crippen molar-refractivity contribution in [2.45, 2.75) is 25.7 Å². The van der Waals surface area contributed by atoms with Crippen LogP contribution in [0, 0.1) is 5.41 Å². The molecule has 1 N–H and O–H groups in total. The topological polar surface area (TPSA) is 70.5 Å². The maximum Gasteiger partial charge on any atom is 0.335 e. The lowest BCUT2D eigenvalue weighted by Gasteiger charge is -2.34. The third-order valence-electron chi connectivity index (χ3n) is 5.24. The van der Waals surface area contributed by atoms with Gasteiger partial charge >= 0.3 is 5.97 Å². The standard InChI is InChI=1S/C19H18N2O3/c22-17-11-19(12-21(17)16-4-7-20-8-5-16)6-3-13-9-14(18(23)24)1-2-15(13)10-19/h1-2,4-5,7-9H,3,6,10-12H2,(H,23,24)/t19-/m1/s1. The van der Waals surface area contributed by atoms with Gasteiger partial charge in [-0.25, -0.2) is 4.79 Å². The second-order valence-corrected chi connectivity index (χ2v) is 6.83. The quantitative estimate of drug-likeness (QED) is 0.923. The van der Waals surface area contributed by atoms with Crippen molar-refractivity contribution in [2.24, 2.45) is 5.41 Å². The Bertz CT molecular complexity index is 819. The van der Waals surface area contributed by atoms with Crippen molar-refractivity contribution >= 4 is 17.6 Å². The number of aryl methyl sites for hydroxylation is 1. The molecule has 1 aromatic carbocycles. The zero-order chi connectivity index (χ0) is 16.7. The van der Waals surface area contributed by atoms with E-state index in [-0.39, 0.29) is 11.3 Å². The molecule has 1 spiro atoms. The highest BCUT2D eigenvalue weighted by Crippen LogP contribution is 2.44. The van der Waals surface area contributed by atoms with Gasteiger partial charge in [0.15, 0.2) is 0 Å². The Hall–Kier alpha value is -2.69. The van der Waals surface area contributed by atoms with Crippen LogP contribution in [-0.2, 0) is 17.6 Å². The number of nitrogens with zero attached hydrogens (tertiary/aromatic N) is 2. The molecule has 122 valence electrons. The molecule has 1 saturated heterocycles. The van der Waals surface area contributed by atoms with Gasteiger partial charge in [0.05, 0.1) is 5.56 Å². The summed E-state index contributed by atoms with van der Waals surface area (Å²) in [5.74, 6) is -0.732. The number of hydrogen-bond acceptors (Lipinski definition) is 3. The molecule has 1 amide bonds.